The average molecular weight is 873 g/mol. The van der Waals surface area contributed by atoms with E-state index >= 15 is 4.79 Å². The lowest BCUT2D eigenvalue weighted by Gasteiger charge is -2.37. The van der Waals surface area contributed by atoms with Crippen LogP contribution in [0.2, 0.25) is 0 Å². The third kappa shape index (κ3) is 9.67. The molecule has 2 aromatic carbocycles. The van der Waals surface area contributed by atoms with E-state index in [1.165, 1.54) is 11.0 Å². The van der Waals surface area contributed by atoms with Gasteiger partial charge in [-0.25, -0.2) is 18.2 Å². The molecule has 62 heavy (non-hydrogen) atoms. The topological polar surface area (TPSA) is 214 Å². The largest absolute Gasteiger partial charge is 0.497 e. The zero-order chi connectivity index (χ0) is 44.6. The number of rotatable bonds is 15. The van der Waals surface area contributed by atoms with Gasteiger partial charge in [-0.3, -0.25) is 23.9 Å². The maximum Gasteiger partial charge on any atom is 0.404 e. The number of piperidine rings is 1. The van der Waals surface area contributed by atoms with Crippen LogP contribution in [-0.2, 0) is 29.2 Å². The van der Waals surface area contributed by atoms with Gasteiger partial charge >= 0.3 is 6.09 Å². The molecule has 16 nitrogen and oxygen atoms in total. The van der Waals surface area contributed by atoms with Crippen LogP contribution in [0.4, 0.5) is 4.79 Å². The molecule has 17 heteroatoms. The molecule has 3 heterocycles. The highest BCUT2D eigenvalue weighted by Gasteiger charge is 2.62. The highest BCUT2D eigenvalue weighted by molar-refractivity contribution is 7.91. The molecule has 4 N–H and O–H groups in total. The standard InChI is InChI=1S/C45H56N6O10S/c1-6-29-23-45(29,42(55)49-62(58,59)32-15-16-32)48-40(53)37-20-31(61-38-22-35(28-12-8-7-9-13-28)47-36-19-30(60-5)14-17-33(36)38)26-51(37)41(54)34(44(2,3)4)21-39(52)50-18-10-11-27(25-50)24-46-43(56)57/h6-9,12-14,17,19,22,27,29,31-32,34,37,46H,1,10-11,15-16,18,20-21,23-26H2,2-5H3,(H,48,53)(H,49,55)(H,56,57)/t27?,29-,31-,34-,37+,45-/m1/s1. The average Bonchev–Trinajstić information content (AvgIpc) is 4.18. The Morgan fingerprint density at radius 2 is 1.79 bits per heavy atom. The molecule has 0 radical (unpaired) electrons. The van der Waals surface area contributed by atoms with Gasteiger partial charge in [0.15, 0.2) is 0 Å². The highest BCUT2D eigenvalue weighted by Crippen LogP contribution is 2.46. The third-order valence-electron chi connectivity index (χ3n) is 12.6. The second-order valence-corrected chi connectivity index (χ2v) is 20.0. The number of ether oxygens (including phenoxy) is 2. The molecule has 332 valence electrons. The summed E-state index contributed by atoms with van der Waals surface area (Å²) in [5.41, 5.74) is -0.263. The zero-order valence-electron chi connectivity index (χ0n) is 35.6. The minimum Gasteiger partial charge on any atom is -0.497 e. The Kier molecular flexibility index (Phi) is 12.6. The minimum absolute atomic E-state index is 0.0181. The molecular formula is C45H56N6O10S. The molecule has 4 fully saturated rings. The second-order valence-electron chi connectivity index (χ2n) is 18.1. The van der Waals surface area contributed by atoms with Crippen molar-refractivity contribution in [3.63, 3.8) is 0 Å². The van der Waals surface area contributed by atoms with Crippen LogP contribution in [0, 0.1) is 23.2 Å². The van der Waals surface area contributed by atoms with E-state index in [4.69, 9.17) is 19.6 Å². The van der Waals surface area contributed by atoms with Gasteiger partial charge in [0.05, 0.1) is 36.0 Å². The number of nitrogens with one attached hydrogen (secondary N) is 3. The molecule has 2 aliphatic carbocycles. The van der Waals surface area contributed by atoms with Crippen LogP contribution < -0.4 is 24.8 Å². The summed E-state index contributed by atoms with van der Waals surface area (Å²) in [6.45, 7) is 10.4. The van der Waals surface area contributed by atoms with Crippen LogP contribution in [0.25, 0.3) is 22.2 Å². The van der Waals surface area contributed by atoms with E-state index in [2.05, 4.69) is 21.9 Å². The number of benzene rings is 2. The monoisotopic (exact) mass is 872 g/mol. The Hall–Kier alpha value is -5.71. The number of likely N-dealkylation sites (tertiary alicyclic amines) is 2. The normalized spacial score (nSPS) is 24.1. The Morgan fingerprint density at radius 1 is 1.05 bits per heavy atom. The molecule has 4 aliphatic rings. The van der Waals surface area contributed by atoms with Crippen molar-refractivity contribution in [1.29, 1.82) is 0 Å². The summed E-state index contributed by atoms with van der Waals surface area (Å²) in [5.74, 6) is -2.66. The molecule has 1 aromatic heterocycles. The van der Waals surface area contributed by atoms with Gasteiger partial charge in [0.25, 0.3) is 5.91 Å². The highest BCUT2D eigenvalue weighted by atomic mass is 32.2. The van der Waals surface area contributed by atoms with Crippen molar-refractivity contribution < 1.29 is 47.0 Å². The number of hydrogen-bond acceptors (Lipinski definition) is 10. The number of carbonyl (C=O) groups excluding carboxylic acids is 4. The number of nitrogens with zero attached hydrogens (tertiary/aromatic N) is 3. The van der Waals surface area contributed by atoms with Crippen molar-refractivity contribution in [3.05, 3.63) is 67.3 Å². The lowest BCUT2D eigenvalue weighted by atomic mass is 9.77. The van der Waals surface area contributed by atoms with Crippen molar-refractivity contribution >= 4 is 50.6 Å². The first kappa shape index (κ1) is 44.3. The maximum atomic E-state index is 15.0. The summed E-state index contributed by atoms with van der Waals surface area (Å²) in [6.07, 6.45) is 1.95. The summed E-state index contributed by atoms with van der Waals surface area (Å²) >= 11 is 0. The molecule has 0 spiro atoms. The Morgan fingerprint density at radius 3 is 2.44 bits per heavy atom. The van der Waals surface area contributed by atoms with Crippen LogP contribution in [0.15, 0.2) is 67.3 Å². The van der Waals surface area contributed by atoms with E-state index in [-0.39, 0.29) is 44.2 Å². The van der Waals surface area contributed by atoms with Crippen LogP contribution in [0.3, 0.4) is 0 Å². The Bertz CT molecular complexity index is 2350. The number of pyridine rings is 1. The number of carbonyl (C=O) groups is 5. The van der Waals surface area contributed by atoms with Gasteiger partial charge in [-0.05, 0) is 55.6 Å². The fourth-order valence-electron chi connectivity index (χ4n) is 8.69. The molecule has 7 rings (SSSR count). The zero-order valence-corrected chi connectivity index (χ0v) is 36.4. The van der Waals surface area contributed by atoms with Crippen molar-refractivity contribution in [2.45, 2.75) is 88.7 Å². The van der Waals surface area contributed by atoms with E-state index in [1.807, 2.05) is 63.2 Å². The molecule has 3 aromatic rings. The molecule has 2 saturated heterocycles. The lowest BCUT2D eigenvalue weighted by molar-refractivity contribution is -0.149. The van der Waals surface area contributed by atoms with Crippen LogP contribution in [0.1, 0.15) is 65.7 Å². The quantitative estimate of drug-likeness (QED) is 0.156. The molecular weight excluding hydrogens is 817 g/mol. The predicted molar refractivity (Wildman–Crippen MR) is 230 cm³/mol. The second kappa shape index (κ2) is 17.6. The van der Waals surface area contributed by atoms with Gasteiger partial charge in [-0.15, -0.1) is 6.58 Å². The summed E-state index contributed by atoms with van der Waals surface area (Å²) in [7, 11) is -2.37. The molecule has 2 aliphatic heterocycles. The Labute approximate surface area is 361 Å². The lowest BCUT2D eigenvalue weighted by Crippen LogP contribution is -2.57. The first-order chi connectivity index (χ1) is 29.4. The van der Waals surface area contributed by atoms with E-state index in [0.717, 1.165) is 12.0 Å². The van der Waals surface area contributed by atoms with Crippen LogP contribution >= 0.6 is 0 Å². The number of amides is 5. The molecule has 1 unspecified atom stereocenters. The van der Waals surface area contributed by atoms with E-state index in [1.54, 1.807) is 24.1 Å². The summed E-state index contributed by atoms with van der Waals surface area (Å²) < 4.78 is 40.1. The van der Waals surface area contributed by atoms with E-state index in [0.29, 0.717) is 60.4 Å². The van der Waals surface area contributed by atoms with Crippen LogP contribution in [0.5, 0.6) is 11.5 Å². The summed E-state index contributed by atoms with van der Waals surface area (Å²) in [5, 5.41) is 14.4. The van der Waals surface area contributed by atoms with Crippen molar-refractivity contribution in [1.82, 2.24) is 30.1 Å². The van der Waals surface area contributed by atoms with Gasteiger partial charge in [0.1, 0.15) is 29.2 Å². The summed E-state index contributed by atoms with van der Waals surface area (Å²) in [6, 6.07) is 15.6. The van der Waals surface area contributed by atoms with Gasteiger partial charge in [-0.2, -0.15) is 0 Å². The number of carboxylic acid groups (broad SMARTS) is 1. The first-order valence-electron chi connectivity index (χ1n) is 21.2. The SMILES string of the molecule is C=C[C@@H]1C[C@]1(NC(=O)[C@@H]1C[C@@H](Oc2cc(-c3ccccc3)nc3cc(OC)ccc23)CN1C(=O)[C@@H](CC(=O)N1CCCC(CNC(=O)O)C1)C(C)(C)C)C(=O)NS(=O)(=O)C1CC1. The smallest absolute Gasteiger partial charge is 0.404 e. The molecule has 0 bridgehead atoms. The van der Waals surface area contributed by atoms with E-state index in [9.17, 15) is 27.6 Å². The number of fused-ring (bicyclic) bond motifs is 1. The van der Waals surface area contributed by atoms with Gasteiger partial charge in [0, 0.05) is 61.5 Å². The first-order valence-corrected chi connectivity index (χ1v) is 22.7. The maximum absolute atomic E-state index is 15.0. The number of methoxy groups -OCH3 is 1. The summed E-state index contributed by atoms with van der Waals surface area (Å²) in [4.78, 5) is 76.5. The fourth-order valence-corrected chi connectivity index (χ4v) is 10.1. The molecule has 2 saturated carbocycles. The number of aromatic nitrogens is 1. The number of sulfonamides is 1. The fraction of sp³-hybridized carbons (Fsp3) is 0.511. The minimum atomic E-state index is -3.94. The molecule has 5 amide bonds. The van der Waals surface area contributed by atoms with Crippen molar-refractivity contribution in [3.8, 4) is 22.8 Å². The number of hydrogen-bond donors (Lipinski definition) is 4. The van der Waals surface area contributed by atoms with Gasteiger partial charge < -0.3 is 35.0 Å². The van der Waals surface area contributed by atoms with Crippen molar-refractivity contribution in [2.75, 3.05) is 33.3 Å². The molecule has 6 atom stereocenters. The Balaban J connectivity index is 1.19. The van der Waals surface area contributed by atoms with E-state index < -0.39 is 74.0 Å². The predicted octanol–water partition coefficient (Wildman–Crippen LogP) is 4.49. The van der Waals surface area contributed by atoms with Crippen molar-refractivity contribution in [2.24, 2.45) is 23.2 Å². The third-order valence-corrected chi connectivity index (χ3v) is 14.4. The van der Waals surface area contributed by atoms with Gasteiger partial charge in [0.2, 0.25) is 27.7 Å². The van der Waals surface area contributed by atoms with Gasteiger partial charge in [-0.1, -0.05) is 57.2 Å². The van der Waals surface area contributed by atoms with Crippen LogP contribution in [-0.4, -0.2) is 114 Å².